The second-order valence-electron chi connectivity index (χ2n) is 4.92. The van der Waals surface area contributed by atoms with E-state index in [9.17, 15) is 4.79 Å². The van der Waals surface area contributed by atoms with Gasteiger partial charge in [0.05, 0.1) is 13.0 Å². The van der Waals surface area contributed by atoms with Gasteiger partial charge in [0.1, 0.15) is 0 Å². The van der Waals surface area contributed by atoms with Gasteiger partial charge in [-0.25, -0.2) is 0 Å². The van der Waals surface area contributed by atoms with Gasteiger partial charge in [-0.2, -0.15) is 0 Å². The van der Waals surface area contributed by atoms with Gasteiger partial charge in [0.15, 0.2) is 0 Å². The van der Waals surface area contributed by atoms with E-state index in [0.717, 1.165) is 12.8 Å². The summed E-state index contributed by atoms with van der Waals surface area (Å²) in [5.41, 5.74) is 1.38. The Morgan fingerprint density at radius 1 is 1.53 bits per heavy atom. The first kappa shape index (κ1) is 12.3. The van der Waals surface area contributed by atoms with Crippen molar-refractivity contribution in [2.45, 2.75) is 40.0 Å². The topological polar surface area (TPSA) is 26.3 Å². The fourth-order valence-electron chi connectivity index (χ4n) is 2.14. The Hall–Kier alpha value is -0.790. The average molecular weight is 210 g/mol. The van der Waals surface area contributed by atoms with Gasteiger partial charge in [0.2, 0.25) is 0 Å². The Labute approximate surface area is 92.7 Å². The largest absolute Gasteiger partial charge is 0.469 e. The molecule has 0 saturated heterocycles. The van der Waals surface area contributed by atoms with Crippen molar-refractivity contribution in [1.29, 1.82) is 0 Å². The number of rotatable bonds is 5. The Balaban J connectivity index is 2.18. The van der Waals surface area contributed by atoms with Crippen molar-refractivity contribution in [2.75, 3.05) is 7.11 Å². The van der Waals surface area contributed by atoms with E-state index >= 15 is 0 Å². The van der Waals surface area contributed by atoms with Crippen molar-refractivity contribution in [2.24, 2.45) is 17.8 Å². The summed E-state index contributed by atoms with van der Waals surface area (Å²) in [6.07, 6.45) is 5.68. The lowest BCUT2D eigenvalue weighted by Crippen LogP contribution is -2.04. The van der Waals surface area contributed by atoms with Crippen LogP contribution in [0.4, 0.5) is 0 Å². The van der Waals surface area contributed by atoms with E-state index in [1.807, 2.05) is 0 Å². The van der Waals surface area contributed by atoms with Crippen LogP contribution in [0.5, 0.6) is 0 Å². The fourth-order valence-corrected chi connectivity index (χ4v) is 2.14. The van der Waals surface area contributed by atoms with Crippen LogP contribution in [0.3, 0.4) is 0 Å². The molecule has 0 N–H and O–H groups in total. The molecule has 2 nitrogen and oxygen atoms in total. The molecular formula is C13H22O2. The minimum Gasteiger partial charge on any atom is -0.469 e. The molecule has 0 bridgehead atoms. The van der Waals surface area contributed by atoms with Crippen LogP contribution in [0.1, 0.15) is 40.0 Å². The van der Waals surface area contributed by atoms with Crippen LogP contribution >= 0.6 is 0 Å². The molecule has 3 unspecified atom stereocenters. The zero-order valence-corrected chi connectivity index (χ0v) is 10.2. The molecule has 2 heteroatoms. The first-order valence-corrected chi connectivity index (χ1v) is 5.77. The van der Waals surface area contributed by atoms with Crippen LogP contribution in [0.25, 0.3) is 0 Å². The zero-order chi connectivity index (χ0) is 11.4. The maximum atomic E-state index is 11.2. The molecule has 0 aliphatic heterocycles. The third-order valence-electron chi connectivity index (χ3n) is 3.04. The van der Waals surface area contributed by atoms with Crippen molar-refractivity contribution in [3.8, 4) is 0 Å². The van der Waals surface area contributed by atoms with Crippen molar-refractivity contribution in [3.63, 3.8) is 0 Å². The predicted octanol–water partition coefficient (Wildman–Crippen LogP) is 3.18. The Bertz CT molecular complexity index is 251. The third-order valence-corrected chi connectivity index (χ3v) is 3.04. The molecule has 0 amide bonds. The summed E-state index contributed by atoms with van der Waals surface area (Å²) in [6.45, 7) is 6.50. The van der Waals surface area contributed by atoms with Crippen molar-refractivity contribution >= 4 is 5.97 Å². The van der Waals surface area contributed by atoms with Crippen molar-refractivity contribution in [3.05, 3.63) is 11.6 Å². The molecular weight excluding hydrogens is 188 g/mol. The van der Waals surface area contributed by atoms with Crippen LogP contribution in [0.15, 0.2) is 11.6 Å². The van der Waals surface area contributed by atoms with Gasteiger partial charge in [-0.05, 0) is 44.9 Å². The first-order valence-electron chi connectivity index (χ1n) is 5.77. The maximum absolute atomic E-state index is 11.2. The van der Waals surface area contributed by atoms with Gasteiger partial charge in [-0.15, -0.1) is 0 Å². The van der Waals surface area contributed by atoms with Crippen molar-refractivity contribution in [1.82, 2.24) is 0 Å². The van der Waals surface area contributed by atoms with E-state index in [1.165, 1.54) is 19.1 Å². The summed E-state index contributed by atoms with van der Waals surface area (Å²) in [5.74, 6) is 1.41. The highest BCUT2D eigenvalue weighted by Gasteiger charge is 2.43. The SMILES string of the molecule is COC(=O)C1CC1CCC(C)C=C(C)C. The van der Waals surface area contributed by atoms with E-state index in [0.29, 0.717) is 11.8 Å². The van der Waals surface area contributed by atoms with Crippen LogP contribution in [0, 0.1) is 17.8 Å². The standard InChI is InChI=1S/C13H22O2/c1-9(2)7-10(3)5-6-11-8-12(11)13(14)15-4/h7,10-12H,5-6,8H2,1-4H3. The summed E-state index contributed by atoms with van der Waals surface area (Å²) < 4.78 is 4.72. The van der Waals surface area contributed by atoms with Gasteiger partial charge in [0.25, 0.3) is 0 Å². The van der Waals surface area contributed by atoms with E-state index < -0.39 is 0 Å². The molecule has 15 heavy (non-hydrogen) atoms. The predicted molar refractivity (Wildman–Crippen MR) is 61.4 cm³/mol. The summed E-state index contributed by atoms with van der Waals surface area (Å²) in [6, 6.07) is 0. The molecule has 1 rings (SSSR count). The van der Waals surface area contributed by atoms with E-state index in [2.05, 4.69) is 26.8 Å². The minimum atomic E-state index is -0.0186. The highest BCUT2D eigenvalue weighted by Crippen LogP contribution is 2.43. The number of hydrogen-bond donors (Lipinski definition) is 0. The number of carbonyl (C=O) groups excluding carboxylic acids is 1. The molecule has 0 spiro atoms. The second kappa shape index (κ2) is 5.34. The molecule has 86 valence electrons. The van der Waals surface area contributed by atoms with Gasteiger partial charge < -0.3 is 4.74 Å². The highest BCUT2D eigenvalue weighted by molar-refractivity contribution is 5.75. The number of ether oxygens (including phenoxy) is 1. The van der Waals surface area contributed by atoms with Crippen LogP contribution in [-0.2, 0) is 9.53 Å². The number of esters is 1. The van der Waals surface area contributed by atoms with Gasteiger partial charge in [0, 0.05) is 0 Å². The molecule has 3 atom stereocenters. The van der Waals surface area contributed by atoms with Gasteiger partial charge in [-0.1, -0.05) is 18.6 Å². The van der Waals surface area contributed by atoms with E-state index in [1.54, 1.807) is 0 Å². The number of methoxy groups -OCH3 is 1. The first-order chi connectivity index (χ1) is 7.04. The summed E-state index contributed by atoms with van der Waals surface area (Å²) in [7, 11) is 1.48. The molecule has 1 aliphatic rings. The second-order valence-corrected chi connectivity index (χ2v) is 4.92. The minimum absolute atomic E-state index is 0.0186. The van der Waals surface area contributed by atoms with Crippen LogP contribution in [-0.4, -0.2) is 13.1 Å². The third kappa shape index (κ3) is 4.06. The Morgan fingerprint density at radius 2 is 2.20 bits per heavy atom. The lowest BCUT2D eigenvalue weighted by Gasteiger charge is -2.06. The Kier molecular flexibility index (Phi) is 4.37. The molecule has 0 heterocycles. The van der Waals surface area contributed by atoms with E-state index in [4.69, 9.17) is 4.74 Å². The van der Waals surface area contributed by atoms with Crippen LogP contribution in [0.2, 0.25) is 0 Å². The fraction of sp³-hybridized carbons (Fsp3) is 0.769. The van der Waals surface area contributed by atoms with Gasteiger partial charge in [-0.3, -0.25) is 4.79 Å². The quantitative estimate of drug-likeness (QED) is 0.514. The zero-order valence-electron chi connectivity index (χ0n) is 10.2. The molecule has 1 fully saturated rings. The molecule has 0 aromatic rings. The number of hydrogen-bond acceptors (Lipinski definition) is 2. The molecule has 0 aromatic carbocycles. The molecule has 1 saturated carbocycles. The average Bonchev–Trinajstić information content (AvgIpc) is 2.91. The Morgan fingerprint density at radius 3 is 2.73 bits per heavy atom. The molecule has 1 aliphatic carbocycles. The smallest absolute Gasteiger partial charge is 0.308 e. The summed E-state index contributed by atoms with van der Waals surface area (Å²) in [5, 5.41) is 0. The lowest BCUT2D eigenvalue weighted by atomic mass is 10.0. The normalized spacial score (nSPS) is 25.6. The maximum Gasteiger partial charge on any atom is 0.308 e. The molecule has 0 aromatic heterocycles. The van der Waals surface area contributed by atoms with E-state index in [-0.39, 0.29) is 11.9 Å². The monoisotopic (exact) mass is 210 g/mol. The van der Waals surface area contributed by atoms with Crippen LogP contribution < -0.4 is 0 Å². The molecule has 0 radical (unpaired) electrons. The van der Waals surface area contributed by atoms with Gasteiger partial charge >= 0.3 is 5.97 Å². The lowest BCUT2D eigenvalue weighted by molar-refractivity contribution is -0.142. The summed E-state index contributed by atoms with van der Waals surface area (Å²) >= 11 is 0. The number of carbonyl (C=O) groups is 1. The summed E-state index contributed by atoms with van der Waals surface area (Å²) in [4.78, 5) is 11.2. The van der Waals surface area contributed by atoms with Crippen molar-refractivity contribution < 1.29 is 9.53 Å². The number of allylic oxidation sites excluding steroid dienone is 2. The highest BCUT2D eigenvalue weighted by atomic mass is 16.5.